The summed E-state index contributed by atoms with van der Waals surface area (Å²) in [4.78, 5) is 25.7. The summed E-state index contributed by atoms with van der Waals surface area (Å²) in [7, 11) is 1.61. The van der Waals surface area contributed by atoms with Crippen LogP contribution >= 0.6 is 0 Å². The average Bonchev–Trinajstić information content (AvgIpc) is 2.59. The Morgan fingerprint density at radius 1 is 1.25 bits per heavy atom. The maximum absolute atomic E-state index is 12.2. The van der Waals surface area contributed by atoms with Gasteiger partial charge < -0.3 is 19.7 Å². The van der Waals surface area contributed by atoms with Crippen molar-refractivity contribution in [3.8, 4) is 5.75 Å². The zero-order valence-corrected chi connectivity index (χ0v) is 15.0. The Morgan fingerprint density at radius 2 is 1.92 bits per heavy atom. The topological polar surface area (TPSA) is 67.9 Å². The minimum atomic E-state index is -0.531. The molecule has 1 rings (SSSR count). The minimum absolute atomic E-state index is 0.136. The normalized spacial score (nSPS) is 11.7. The Morgan fingerprint density at radius 3 is 2.46 bits per heavy atom. The molecule has 0 saturated heterocycles. The van der Waals surface area contributed by atoms with Crippen molar-refractivity contribution in [3.63, 3.8) is 0 Å². The number of hydrogen-bond donors (Lipinski definition) is 1. The first kappa shape index (κ1) is 20.0. The van der Waals surface area contributed by atoms with Crippen LogP contribution in [0.4, 0.5) is 0 Å². The molecule has 0 unspecified atom stereocenters. The molecule has 0 aromatic heterocycles. The van der Waals surface area contributed by atoms with Gasteiger partial charge in [-0.3, -0.25) is 9.59 Å². The second-order valence-corrected chi connectivity index (χ2v) is 5.51. The van der Waals surface area contributed by atoms with Crippen LogP contribution in [0.5, 0.6) is 5.75 Å². The van der Waals surface area contributed by atoms with Gasteiger partial charge in [0.25, 0.3) is 0 Å². The van der Waals surface area contributed by atoms with Crippen molar-refractivity contribution < 1.29 is 19.1 Å². The van der Waals surface area contributed by atoms with Gasteiger partial charge in [-0.05, 0) is 38.0 Å². The van der Waals surface area contributed by atoms with Gasteiger partial charge in [0.1, 0.15) is 11.8 Å². The van der Waals surface area contributed by atoms with E-state index in [1.165, 1.54) is 6.92 Å². The lowest BCUT2D eigenvalue weighted by atomic mass is 10.1. The molecular formula is C18H28N2O4. The third kappa shape index (κ3) is 6.58. The molecule has 6 heteroatoms. The molecule has 2 amide bonds. The van der Waals surface area contributed by atoms with Gasteiger partial charge in [-0.25, -0.2) is 0 Å². The first-order valence-corrected chi connectivity index (χ1v) is 8.25. The average molecular weight is 336 g/mol. The molecule has 6 nitrogen and oxygen atoms in total. The van der Waals surface area contributed by atoms with Crippen LogP contribution in [-0.2, 0) is 20.9 Å². The van der Waals surface area contributed by atoms with Gasteiger partial charge in [0, 0.05) is 33.2 Å². The van der Waals surface area contributed by atoms with E-state index in [-0.39, 0.29) is 11.8 Å². The monoisotopic (exact) mass is 336 g/mol. The first-order chi connectivity index (χ1) is 11.5. The van der Waals surface area contributed by atoms with Gasteiger partial charge in [-0.15, -0.1) is 0 Å². The second kappa shape index (κ2) is 10.6. The van der Waals surface area contributed by atoms with Crippen LogP contribution in [-0.4, -0.2) is 49.6 Å². The molecular weight excluding hydrogens is 308 g/mol. The second-order valence-electron chi connectivity index (χ2n) is 5.51. The molecule has 0 fully saturated rings. The molecule has 0 heterocycles. The number of rotatable bonds is 10. The van der Waals surface area contributed by atoms with Gasteiger partial charge >= 0.3 is 0 Å². The molecule has 0 aliphatic carbocycles. The summed E-state index contributed by atoms with van der Waals surface area (Å²) >= 11 is 0. The van der Waals surface area contributed by atoms with E-state index in [2.05, 4.69) is 5.32 Å². The molecule has 0 aliphatic heterocycles. The number of methoxy groups -OCH3 is 1. The van der Waals surface area contributed by atoms with Crippen LogP contribution in [0.25, 0.3) is 0 Å². The number of benzene rings is 1. The van der Waals surface area contributed by atoms with Gasteiger partial charge in [0.05, 0.1) is 7.11 Å². The van der Waals surface area contributed by atoms with Crippen LogP contribution in [0, 0.1) is 0 Å². The quantitative estimate of drug-likeness (QED) is 0.663. The summed E-state index contributed by atoms with van der Waals surface area (Å²) in [6.45, 7) is 7.36. The van der Waals surface area contributed by atoms with Gasteiger partial charge in [-0.2, -0.15) is 0 Å². The first-order valence-electron chi connectivity index (χ1n) is 8.25. The summed E-state index contributed by atoms with van der Waals surface area (Å²) in [6.07, 6.45) is 0.755. The van der Waals surface area contributed by atoms with E-state index in [0.717, 1.165) is 17.7 Å². The van der Waals surface area contributed by atoms with Crippen LogP contribution in [0.3, 0.4) is 0 Å². The van der Waals surface area contributed by atoms with Crippen molar-refractivity contribution in [1.82, 2.24) is 10.2 Å². The number of nitrogens with zero attached hydrogens (tertiary/aromatic N) is 1. The summed E-state index contributed by atoms with van der Waals surface area (Å²) in [5.41, 5.74) is 0.946. The van der Waals surface area contributed by atoms with E-state index in [1.54, 1.807) is 18.9 Å². The smallest absolute Gasteiger partial charge is 0.242 e. The molecule has 134 valence electrons. The summed E-state index contributed by atoms with van der Waals surface area (Å²) in [5, 5.41) is 2.85. The van der Waals surface area contributed by atoms with Crippen molar-refractivity contribution in [2.75, 3.05) is 26.9 Å². The van der Waals surface area contributed by atoms with Crippen molar-refractivity contribution >= 4 is 11.8 Å². The highest BCUT2D eigenvalue weighted by atomic mass is 16.5. The lowest BCUT2D eigenvalue weighted by molar-refractivity contribution is -0.139. The van der Waals surface area contributed by atoms with Crippen LogP contribution in [0.1, 0.15) is 32.8 Å². The van der Waals surface area contributed by atoms with E-state index in [4.69, 9.17) is 9.47 Å². The molecule has 0 aliphatic rings. The summed E-state index contributed by atoms with van der Waals surface area (Å²) < 4.78 is 10.4. The van der Waals surface area contributed by atoms with Crippen LogP contribution < -0.4 is 10.1 Å². The van der Waals surface area contributed by atoms with Gasteiger partial charge in [-0.1, -0.05) is 12.1 Å². The molecule has 0 radical (unpaired) electrons. The standard InChI is InChI=1S/C18H28N2O4/c1-5-24-12-6-11-19-18(22)14(2)20(15(3)21)13-16-7-9-17(23-4)10-8-16/h7-10,14H,5-6,11-13H2,1-4H3,(H,19,22)/t14-/m0/s1. The number of hydrogen-bond acceptors (Lipinski definition) is 4. The van der Waals surface area contributed by atoms with E-state index in [0.29, 0.717) is 26.3 Å². The number of carbonyl (C=O) groups excluding carboxylic acids is 2. The van der Waals surface area contributed by atoms with Gasteiger partial charge in [0.2, 0.25) is 11.8 Å². The minimum Gasteiger partial charge on any atom is -0.497 e. The lowest BCUT2D eigenvalue weighted by Gasteiger charge is -2.27. The van der Waals surface area contributed by atoms with Crippen molar-refractivity contribution in [2.45, 2.75) is 39.8 Å². The number of amides is 2. The van der Waals surface area contributed by atoms with Gasteiger partial charge in [0.15, 0.2) is 0 Å². The maximum atomic E-state index is 12.2. The third-order valence-electron chi connectivity index (χ3n) is 3.73. The van der Waals surface area contributed by atoms with E-state index in [1.807, 2.05) is 31.2 Å². The molecule has 24 heavy (non-hydrogen) atoms. The fraction of sp³-hybridized carbons (Fsp3) is 0.556. The van der Waals surface area contributed by atoms with Crippen molar-refractivity contribution in [2.24, 2.45) is 0 Å². The molecule has 0 saturated carbocycles. The highest BCUT2D eigenvalue weighted by molar-refractivity contribution is 5.86. The van der Waals surface area contributed by atoms with E-state index < -0.39 is 6.04 Å². The van der Waals surface area contributed by atoms with E-state index in [9.17, 15) is 9.59 Å². The van der Waals surface area contributed by atoms with E-state index >= 15 is 0 Å². The predicted molar refractivity (Wildman–Crippen MR) is 92.8 cm³/mol. The Hall–Kier alpha value is -2.08. The highest BCUT2D eigenvalue weighted by Gasteiger charge is 2.23. The SMILES string of the molecule is CCOCCCNC(=O)[C@H](C)N(Cc1ccc(OC)cc1)C(C)=O. The Labute approximate surface area is 144 Å². The lowest BCUT2D eigenvalue weighted by Crippen LogP contribution is -2.47. The summed E-state index contributed by atoms with van der Waals surface area (Å²) in [6, 6.07) is 6.93. The Balaban J connectivity index is 2.58. The highest BCUT2D eigenvalue weighted by Crippen LogP contribution is 2.14. The fourth-order valence-electron chi connectivity index (χ4n) is 2.27. The predicted octanol–water partition coefficient (Wildman–Crippen LogP) is 1.97. The number of carbonyl (C=O) groups is 2. The molecule has 1 atom stereocenters. The number of nitrogens with one attached hydrogen (secondary N) is 1. The molecule has 1 N–H and O–H groups in total. The maximum Gasteiger partial charge on any atom is 0.242 e. The molecule has 0 bridgehead atoms. The Kier molecular flexibility index (Phi) is 8.86. The zero-order valence-electron chi connectivity index (χ0n) is 15.0. The van der Waals surface area contributed by atoms with Crippen LogP contribution in [0.2, 0.25) is 0 Å². The molecule has 1 aromatic rings. The molecule has 1 aromatic carbocycles. The Bertz CT molecular complexity index is 516. The van der Waals surface area contributed by atoms with Crippen molar-refractivity contribution in [1.29, 1.82) is 0 Å². The fourth-order valence-corrected chi connectivity index (χ4v) is 2.27. The summed E-state index contributed by atoms with van der Waals surface area (Å²) in [5.74, 6) is 0.464. The third-order valence-corrected chi connectivity index (χ3v) is 3.73. The van der Waals surface area contributed by atoms with Crippen molar-refractivity contribution in [3.05, 3.63) is 29.8 Å². The van der Waals surface area contributed by atoms with Crippen LogP contribution in [0.15, 0.2) is 24.3 Å². The number of ether oxygens (including phenoxy) is 2. The largest absolute Gasteiger partial charge is 0.497 e. The zero-order chi connectivity index (χ0) is 17.9. The molecule has 0 spiro atoms.